The Kier molecular flexibility index (Phi) is 4.14. The summed E-state index contributed by atoms with van der Waals surface area (Å²) in [6.07, 6.45) is 4.41. The molecule has 5 heteroatoms. The van der Waals surface area contributed by atoms with Gasteiger partial charge in [0.2, 0.25) is 0 Å². The van der Waals surface area contributed by atoms with E-state index in [0.29, 0.717) is 5.41 Å². The molecule has 0 atom stereocenters. The number of anilines is 2. The molecule has 2 aliphatic heterocycles. The number of rotatable bonds is 1. The molecule has 1 spiro atoms. The van der Waals surface area contributed by atoms with Gasteiger partial charge in [-0.05, 0) is 55.4 Å². The number of piperidine rings is 2. The van der Waals surface area contributed by atoms with Gasteiger partial charge < -0.3 is 20.3 Å². The van der Waals surface area contributed by atoms with Gasteiger partial charge in [-0.15, -0.1) is 0 Å². The number of nitrogen functional groups attached to an aromatic ring is 1. The molecular weight excluding hydrogens is 278 g/mol. The van der Waals surface area contributed by atoms with Crippen molar-refractivity contribution in [1.82, 2.24) is 4.90 Å². The number of carbonyl (C=O) groups excluding carboxylic acids is 1. The molecular formula is C17H25N3O2. The van der Waals surface area contributed by atoms with Gasteiger partial charge >= 0.3 is 6.09 Å². The van der Waals surface area contributed by atoms with Crippen molar-refractivity contribution in [2.45, 2.75) is 25.7 Å². The average molecular weight is 303 g/mol. The molecule has 2 saturated heterocycles. The summed E-state index contributed by atoms with van der Waals surface area (Å²) in [6.45, 7) is 3.83. The van der Waals surface area contributed by atoms with Crippen molar-refractivity contribution in [3.8, 4) is 0 Å². The van der Waals surface area contributed by atoms with E-state index in [1.807, 2.05) is 17.0 Å². The van der Waals surface area contributed by atoms with E-state index in [9.17, 15) is 4.79 Å². The fourth-order valence-electron chi connectivity index (χ4n) is 3.72. The average Bonchev–Trinajstić information content (AvgIpc) is 2.56. The zero-order valence-electron chi connectivity index (χ0n) is 13.3. The number of ether oxygens (including phenoxy) is 1. The van der Waals surface area contributed by atoms with Crippen molar-refractivity contribution < 1.29 is 9.53 Å². The molecule has 0 aliphatic carbocycles. The van der Waals surface area contributed by atoms with Crippen LogP contribution < -0.4 is 10.6 Å². The van der Waals surface area contributed by atoms with Gasteiger partial charge in [0.05, 0.1) is 7.11 Å². The lowest BCUT2D eigenvalue weighted by Gasteiger charge is -2.47. The van der Waals surface area contributed by atoms with E-state index in [0.717, 1.165) is 44.7 Å². The molecule has 0 unspecified atom stereocenters. The highest BCUT2D eigenvalue weighted by molar-refractivity contribution is 5.67. The Morgan fingerprint density at radius 1 is 1.05 bits per heavy atom. The number of benzene rings is 1. The number of hydrogen-bond donors (Lipinski definition) is 1. The Hall–Kier alpha value is -1.91. The van der Waals surface area contributed by atoms with Gasteiger partial charge in [0.15, 0.2) is 0 Å². The van der Waals surface area contributed by atoms with Gasteiger partial charge in [-0.25, -0.2) is 4.79 Å². The van der Waals surface area contributed by atoms with Gasteiger partial charge in [0.25, 0.3) is 0 Å². The maximum absolute atomic E-state index is 11.6. The summed E-state index contributed by atoms with van der Waals surface area (Å²) in [7, 11) is 1.46. The maximum atomic E-state index is 11.6. The van der Waals surface area contributed by atoms with Crippen LogP contribution in [0.2, 0.25) is 0 Å². The van der Waals surface area contributed by atoms with Crippen molar-refractivity contribution in [2.24, 2.45) is 5.41 Å². The second kappa shape index (κ2) is 6.07. The Bertz CT molecular complexity index is 511. The second-order valence-corrected chi connectivity index (χ2v) is 6.54. The first-order chi connectivity index (χ1) is 10.6. The summed E-state index contributed by atoms with van der Waals surface area (Å²) >= 11 is 0. The lowest BCUT2D eigenvalue weighted by Crippen LogP contribution is -2.48. The number of nitrogens with zero attached hydrogens (tertiary/aromatic N) is 2. The zero-order chi connectivity index (χ0) is 15.6. The number of methoxy groups -OCH3 is 1. The minimum atomic E-state index is -0.186. The quantitative estimate of drug-likeness (QED) is 0.810. The molecule has 1 aromatic rings. The van der Waals surface area contributed by atoms with Crippen LogP contribution in [0.4, 0.5) is 16.2 Å². The van der Waals surface area contributed by atoms with E-state index in [1.54, 1.807) is 0 Å². The standard InChI is InChI=1S/C17H25N3O2/c1-22-16(21)20-12-8-17(9-13-20)6-10-19(11-7-17)15-4-2-14(18)3-5-15/h2-5H,6-13,18H2,1H3. The smallest absolute Gasteiger partial charge is 0.409 e. The summed E-state index contributed by atoms with van der Waals surface area (Å²) in [5.41, 5.74) is 8.24. The van der Waals surface area contributed by atoms with Crippen LogP contribution in [0.5, 0.6) is 0 Å². The molecule has 5 nitrogen and oxygen atoms in total. The molecule has 0 bridgehead atoms. The van der Waals surface area contributed by atoms with Crippen LogP contribution in [0.3, 0.4) is 0 Å². The molecule has 22 heavy (non-hydrogen) atoms. The molecule has 2 aliphatic rings. The molecule has 2 heterocycles. The maximum Gasteiger partial charge on any atom is 0.409 e. The van der Waals surface area contributed by atoms with Crippen molar-refractivity contribution in [2.75, 3.05) is 43.9 Å². The van der Waals surface area contributed by atoms with E-state index < -0.39 is 0 Å². The normalized spacial score (nSPS) is 21.0. The fourth-order valence-corrected chi connectivity index (χ4v) is 3.72. The van der Waals surface area contributed by atoms with Gasteiger partial charge in [-0.2, -0.15) is 0 Å². The summed E-state index contributed by atoms with van der Waals surface area (Å²) in [6, 6.07) is 8.14. The third-order valence-electron chi connectivity index (χ3n) is 5.34. The topological polar surface area (TPSA) is 58.8 Å². The van der Waals surface area contributed by atoms with Crippen LogP contribution >= 0.6 is 0 Å². The van der Waals surface area contributed by atoms with E-state index in [4.69, 9.17) is 10.5 Å². The highest BCUT2D eigenvalue weighted by Gasteiger charge is 2.38. The van der Waals surface area contributed by atoms with Crippen molar-refractivity contribution in [3.63, 3.8) is 0 Å². The first kappa shape index (κ1) is 15.0. The molecule has 2 N–H and O–H groups in total. The minimum Gasteiger partial charge on any atom is -0.453 e. The van der Waals surface area contributed by atoms with Crippen LogP contribution in [0.15, 0.2) is 24.3 Å². The molecule has 0 aromatic heterocycles. The summed E-state index contributed by atoms with van der Waals surface area (Å²) < 4.78 is 4.82. The number of likely N-dealkylation sites (tertiary alicyclic amines) is 1. The van der Waals surface area contributed by atoms with Gasteiger partial charge in [-0.3, -0.25) is 0 Å². The molecule has 120 valence electrons. The van der Waals surface area contributed by atoms with Crippen molar-refractivity contribution in [1.29, 1.82) is 0 Å². The third-order valence-corrected chi connectivity index (χ3v) is 5.34. The Morgan fingerprint density at radius 2 is 1.59 bits per heavy atom. The molecule has 1 aromatic carbocycles. The first-order valence-corrected chi connectivity index (χ1v) is 8.05. The van der Waals surface area contributed by atoms with E-state index in [-0.39, 0.29) is 6.09 Å². The van der Waals surface area contributed by atoms with E-state index in [1.165, 1.54) is 25.6 Å². The number of carbonyl (C=O) groups is 1. The second-order valence-electron chi connectivity index (χ2n) is 6.54. The minimum absolute atomic E-state index is 0.186. The summed E-state index contributed by atoms with van der Waals surface area (Å²) in [5.74, 6) is 0. The predicted molar refractivity (Wildman–Crippen MR) is 87.9 cm³/mol. The first-order valence-electron chi connectivity index (χ1n) is 8.05. The van der Waals surface area contributed by atoms with Crippen LogP contribution in [0.1, 0.15) is 25.7 Å². The van der Waals surface area contributed by atoms with E-state index in [2.05, 4.69) is 17.0 Å². The fraction of sp³-hybridized carbons (Fsp3) is 0.588. The van der Waals surface area contributed by atoms with Crippen LogP contribution in [0.25, 0.3) is 0 Å². The van der Waals surface area contributed by atoms with Crippen LogP contribution in [-0.2, 0) is 4.74 Å². The highest BCUT2D eigenvalue weighted by Crippen LogP contribution is 2.42. The Morgan fingerprint density at radius 3 is 2.14 bits per heavy atom. The largest absolute Gasteiger partial charge is 0.453 e. The van der Waals surface area contributed by atoms with Crippen molar-refractivity contribution in [3.05, 3.63) is 24.3 Å². The monoisotopic (exact) mass is 303 g/mol. The van der Waals surface area contributed by atoms with Crippen LogP contribution in [0, 0.1) is 5.41 Å². The van der Waals surface area contributed by atoms with Crippen LogP contribution in [-0.4, -0.2) is 44.3 Å². The lowest BCUT2D eigenvalue weighted by atomic mass is 9.71. The predicted octanol–water partition coefficient (Wildman–Crippen LogP) is 2.72. The van der Waals surface area contributed by atoms with Gasteiger partial charge in [-0.1, -0.05) is 0 Å². The molecule has 1 amide bonds. The number of hydrogen-bond acceptors (Lipinski definition) is 4. The van der Waals surface area contributed by atoms with Gasteiger partial charge in [0, 0.05) is 37.6 Å². The summed E-state index contributed by atoms with van der Waals surface area (Å²) in [5, 5.41) is 0. The molecule has 2 fully saturated rings. The van der Waals surface area contributed by atoms with Gasteiger partial charge in [0.1, 0.15) is 0 Å². The lowest BCUT2D eigenvalue weighted by molar-refractivity contribution is 0.0646. The Labute approximate surface area is 132 Å². The Balaban J connectivity index is 1.56. The van der Waals surface area contributed by atoms with Crippen molar-refractivity contribution >= 4 is 17.5 Å². The zero-order valence-corrected chi connectivity index (χ0v) is 13.3. The summed E-state index contributed by atoms with van der Waals surface area (Å²) in [4.78, 5) is 15.9. The number of nitrogens with two attached hydrogens (primary N) is 1. The SMILES string of the molecule is COC(=O)N1CCC2(CC1)CCN(c1ccc(N)cc1)CC2. The highest BCUT2D eigenvalue weighted by atomic mass is 16.5. The third kappa shape index (κ3) is 2.98. The number of amides is 1. The van der Waals surface area contributed by atoms with E-state index >= 15 is 0 Å². The molecule has 3 rings (SSSR count). The molecule has 0 radical (unpaired) electrons. The molecule has 0 saturated carbocycles.